The average Bonchev–Trinajstić information content (AvgIpc) is 2.29. The second kappa shape index (κ2) is 3.57. The molecule has 0 saturated carbocycles. The predicted octanol–water partition coefficient (Wildman–Crippen LogP) is 0.180. The third-order valence-corrected chi connectivity index (χ3v) is 1.59. The molecule has 0 spiro atoms. The van der Waals surface area contributed by atoms with E-state index in [1.54, 1.807) is 13.2 Å². The second-order valence-corrected chi connectivity index (χ2v) is 3.22. The molecule has 0 aromatic carbocycles. The van der Waals surface area contributed by atoms with Crippen LogP contribution in [0.3, 0.4) is 0 Å². The van der Waals surface area contributed by atoms with Crippen molar-refractivity contribution in [2.45, 2.75) is 6.54 Å². The first-order chi connectivity index (χ1) is 6.00. The molecular weight excluding hydrogens is 170 g/mol. The van der Waals surface area contributed by atoms with Crippen LogP contribution in [0.5, 0.6) is 0 Å². The van der Waals surface area contributed by atoms with Gasteiger partial charge in [0.15, 0.2) is 5.69 Å². The zero-order valence-electron chi connectivity index (χ0n) is 7.98. The van der Waals surface area contributed by atoms with Crippen LogP contribution in [-0.4, -0.2) is 39.9 Å². The highest BCUT2D eigenvalue weighted by Gasteiger charge is 2.14. The maximum Gasteiger partial charge on any atom is 0.356 e. The largest absolute Gasteiger partial charge is 0.476 e. The van der Waals surface area contributed by atoms with E-state index >= 15 is 0 Å². The van der Waals surface area contributed by atoms with Crippen LogP contribution in [0.1, 0.15) is 16.1 Å². The Labute approximate surface area is 76.6 Å². The topological polar surface area (TPSA) is 58.4 Å². The molecule has 0 fully saturated rings. The highest BCUT2D eigenvalue weighted by Crippen LogP contribution is 2.07. The summed E-state index contributed by atoms with van der Waals surface area (Å²) in [6.07, 6.45) is 1.73. The van der Waals surface area contributed by atoms with Crippen molar-refractivity contribution in [3.63, 3.8) is 0 Å². The van der Waals surface area contributed by atoms with Gasteiger partial charge in [-0.25, -0.2) is 4.79 Å². The lowest BCUT2D eigenvalue weighted by molar-refractivity contribution is 0.0687. The van der Waals surface area contributed by atoms with E-state index < -0.39 is 5.97 Å². The van der Waals surface area contributed by atoms with Crippen LogP contribution in [-0.2, 0) is 13.6 Å². The molecule has 1 rings (SSSR count). The van der Waals surface area contributed by atoms with Gasteiger partial charge in [-0.3, -0.25) is 4.68 Å². The molecule has 0 saturated heterocycles. The van der Waals surface area contributed by atoms with Crippen molar-refractivity contribution in [1.29, 1.82) is 0 Å². The normalized spacial score (nSPS) is 10.8. The van der Waals surface area contributed by atoms with Gasteiger partial charge in [0.25, 0.3) is 0 Å². The van der Waals surface area contributed by atoms with Crippen molar-refractivity contribution < 1.29 is 9.90 Å². The number of aromatic nitrogens is 2. The molecule has 1 heterocycles. The summed E-state index contributed by atoms with van der Waals surface area (Å²) in [5, 5.41) is 12.7. The van der Waals surface area contributed by atoms with Crippen molar-refractivity contribution in [3.05, 3.63) is 17.5 Å². The number of aryl methyl sites for hydroxylation is 1. The number of hydrogen-bond donors (Lipinski definition) is 1. The number of carbonyl (C=O) groups is 1. The van der Waals surface area contributed by atoms with Gasteiger partial charge in [-0.05, 0) is 14.1 Å². The Morgan fingerprint density at radius 3 is 2.77 bits per heavy atom. The fourth-order valence-corrected chi connectivity index (χ4v) is 1.17. The van der Waals surface area contributed by atoms with Gasteiger partial charge in [-0.1, -0.05) is 0 Å². The molecule has 5 nitrogen and oxygen atoms in total. The molecule has 0 unspecified atom stereocenters. The summed E-state index contributed by atoms with van der Waals surface area (Å²) in [5.74, 6) is -0.975. The Balaban J connectivity index is 2.97. The predicted molar refractivity (Wildman–Crippen MR) is 47.6 cm³/mol. The van der Waals surface area contributed by atoms with Crippen molar-refractivity contribution >= 4 is 5.97 Å². The molecule has 13 heavy (non-hydrogen) atoms. The molecule has 0 bridgehead atoms. The quantitative estimate of drug-likeness (QED) is 0.726. The van der Waals surface area contributed by atoms with E-state index in [1.807, 2.05) is 19.0 Å². The molecule has 0 radical (unpaired) electrons. The maximum absolute atomic E-state index is 10.7. The van der Waals surface area contributed by atoms with E-state index in [9.17, 15) is 4.79 Å². The standard InChI is InChI=1S/C8H13N3O2/c1-10(2)4-6-5-11(3)9-7(6)8(12)13/h5H,4H2,1-3H3,(H,12,13). The smallest absolute Gasteiger partial charge is 0.356 e. The minimum atomic E-state index is -0.975. The molecule has 0 aliphatic carbocycles. The summed E-state index contributed by atoms with van der Waals surface area (Å²) in [6.45, 7) is 0.593. The highest BCUT2D eigenvalue weighted by atomic mass is 16.4. The van der Waals surface area contributed by atoms with Gasteiger partial charge in [0.1, 0.15) is 0 Å². The Morgan fingerprint density at radius 1 is 1.69 bits per heavy atom. The minimum absolute atomic E-state index is 0.135. The first-order valence-corrected chi connectivity index (χ1v) is 3.91. The van der Waals surface area contributed by atoms with Gasteiger partial charge < -0.3 is 10.0 Å². The van der Waals surface area contributed by atoms with Crippen molar-refractivity contribution in [2.75, 3.05) is 14.1 Å². The van der Waals surface area contributed by atoms with Crippen LogP contribution in [0.2, 0.25) is 0 Å². The number of rotatable bonds is 3. The average molecular weight is 183 g/mol. The van der Waals surface area contributed by atoms with Crippen LogP contribution in [0.4, 0.5) is 0 Å². The molecule has 5 heteroatoms. The van der Waals surface area contributed by atoms with Crippen LogP contribution in [0.25, 0.3) is 0 Å². The van der Waals surface area contributed by atoms with Crippen molar-refractivity contribution in [1.82, 2.24) is 14.7 Å². The molecule has 0 aliphatic rings. The molecule has 0 aliphatic heterocycles. The van der Waals surface area contributed by atoms with E-state index in [-0.39, 0.29) is 5.69 Å². The Morgan fingerprint density at radius 2 is 2.31 bits per heavy atom. The number of carboxylic acid groups (broad SMARTS) is 1. The molecule has 1 N–H and O–H groups in total. The summed E-state index contributed by atoms with van der Waals surface area (Å²) >= 11 is 0. The van der Waals surface area contributed by atoms with Gasteiger partial charge in [-0.2, -0.15) is 5.10 Å². The minimum Gasteiger partial charge on any atom is -0.476 e. The van der Waals surface area contributed by atoms with E-state index in [0.717, 1.165) is 5.56 Å². The first kappa shape index (κ1) is 9.73. The third-order valence-electron chi connectivity index (χ3n) is 1.59. The monoisotopic (exact) mass is 183 g/mol. The summed E-state index contributed by atoms with van der Waals surface area (Å²) in [4.78, 5) is 12.6. The summed E-state index contributed by atoms with van der Waals surface area (Å²) in [7, 11) is 5.49. The third kappa shape index (κ3) is 2.29. The molecule has 72 valence electrons. The Kier molecular flexibility index (Phi) is 2.67. The van der Waals surface area contributed by atoms with E-state index in [1.165, 1.54) is 4.68 Å². The van der Waals surface area contributed by atoms with Crippen molar-refractivity contribution in [3.8, 4) is 0 Å². The summed E-state index contributed by atoms with van der Waals surface area (Å²) in [6, 6.07) is 0. The fraction of sp³-hybridized carbons (Fsp3) is 0.500. The molecule has 0 atom stereocenters. The Bertz CT molecular complexity index is 317. The molecule has 1 aromatic rings. The lowest BCUT2D eigenvalue weighted by atomic mass is 10.2. The van der Waals surface area contributed by atoms with Gasteiger partial charge in [0.2, 0.25) is 0 Å². The first-order valence-electron chi connectivity index (χ1n) is 3.91. The Hall–Kier alpha value is -1.36. The summed E-state index contributed by atoms with van der Waals surface area (Å²) in [5.41, 5.74) is 0.871. The molecule has 1 aromatic heterocycles. The molecule has 0 amide bonds. The van der Waals surface area contributed by atoms with Gasteiger partial charge >= 0.3 is 5.97 Å². The van der Waals surface area contributed by atoms with E-state index in [4.69, 9.17) is 5.11 Å². The number of hydrogen-bond acceptors (Lipinski definition) is 3. The van der Waals surface area contributed by atoms with Crippen LogP contribution < -0.4 is 0 Å². The lowest BCUT2D eigenvalue weighted by Crippen LogP contribution is -2.13. The van der Waals surface area contributed by atoms with Crippen LogP contribution >= 0.6 is 0 Å². The zero-order valence-corrected chi connectivity index (χ0v) is 7.98. The fourth-order valence-electron chi connectivity index (χ4n) is 1.17. The van der Waals surface area contributed by atoms with Gasteiger partial charge in [0, 0.05) is 25.4 Å². The van der Waals surface area contributed by atoms with Crippen LogP contribution in [0.15, 0.2) is 6.20 Å². The number of nitrogens with zero attached hydrogens (tertiary/aromatic N) is 3. The van der Waals surface area contributed by atoms with E-state index in [0.29, 0.717) is 6.54 Å². The number of carboxylic acids is 1. The van der Waals surface area contributed by atoms with E-state index in [2.05, 4.69) is 5.10 Å². The highest BCUT2D eigenvalue weighted by molar-refractivity contribution is 5.86. The second-order valence-electron chi connectivity index (χ2n) is 3.22. The maximum atomic E-state index is 10.7. The zero-order chi connectivity index (χ0) is 10.0. The van der Waals surface area contributed by atoms with Crippen LogP contribution in [0, 0.1) is 0 Å². The van der Waals surface area contributed by atoms with Crippen molar-refractivity contribution in [2.24, 2.45) is 7.05 Å². The van der Waals surface area contributed by atoms with Gasteiger partial charge in [-0.15, -0.1) is 0 Å². The lowest BCUT2D eigenvalue weighted by Gasteiger charge is -2.07. The molecular formula is C8H13N3O2. The summed E-state index contributed by atoms with van der Waals surface area (Å²) < 4.78 is 1.52. The SMILES string of the molecule is CN(C)Cc1cn(C)nc1C(=O)O. The van der Waals surface area contributed by atoms with Gasteiger partial charge in [0.05, 0.1) is 0 Å². The number of aromatic carboxylic acids is 1.